The third-order valence-corrected chi connectivity index (χ3v) is 3.97. The van der Waals surface area contributed by atoms with Gasteiger partial charge in [0.15, 0.2) is 0 Å². The Kier molecular flexibility index (Phi) is 4.67. The zero-order valence-electron chi connectivity index (χ0n) is 13.8. The summed E-state index contributed by atoms with van der Waals surface area (Å²) in [5, 5.41) is 0. The second kappa shape index (κ2) is 6.78. The molecule has 0 N–H and O–H groups in total. The number of carbonyl (C=O) groups excluding carboxylic acids is 2. The number of esters is 1. The molecule has 0 radical (unpaired) electrons. The van der Waals surface area contributed by atoms with Crippen LogP contribution in [0.15, 0.2) is 36.5 Å². The number of halogens is 3. The third kappa shape index (κ3) is 3.54. The van der Waals surface area contributed by atoms with Gasteiger partial charge in [-0.15, -0.1) is 0 Å². The number of hydrogen-bond acceptors (Lipinski definition) is 4. The number of alkyl halides is 3. The van der Waals surface area contributed by atoms with E-state index in [-0.39, 0.29) is 25.5 Å². The van der Waals surface area contributed by atoms with E-state index in [0.717, 1.165) is 12.1 Å². The Hall–Kier alpha value is -2.90. The number of aromatic nitrogens is 1. The van der Waals surface area contributed by atoms with E-state index in [2.05, 4.69) is 4.98 Å². The van der Waals surface area contributed by atoms with Crippen molar-refractivity contribution in [2.24, 2.45) is 0 Å². The summed E-state index contributed by atoms with van der Waals surface area (Å²) in [7, 11) is 0. The lowest BCUT2D eigenvalue weighted by Gasteiger charge is -2.17. The number of rotatable bonds is 4. The van der Waals surface area contributed by atoms with Crippen LogP contribution in [0.2, 0.25) is 0 Å². The molecule has 1 aromatic carbocycles. The Labute approximate surface area is 147 Å². The summed E-state index contributed by atoms with van der Waals surface area (Å²) in [6, 6.07) is 6.43. The summed E-state index contributed by atoms with van der Waals surface area (Å²) in [4.78, 5) is 29.3. The first kappa shape index (κ1) is 17.9. The molecule has 1 aromatic heterocycles. The number of ether oxygens (including phenoxy) is 1. The minimum atomic E-state index is -4.45. The van der Waals surface area contributed by atoms with Crippen LogP contribution in [0, 0.1) is 0 Å². The van der Waals surface area contributed by atoms with Crippen molar-refractivity contribution in [2.75, 3.05) is 18.1 Å². The molecule has 26 heavy (non-hydrogen) atoms. The van der Waals surface area contributed by atoms with E-state index in [9.17, 15) is 22.8 Å². The van der Waals surface area contributed by atoms with Crippen LogP contribution in [-0.2, 0) is 26.9 Å². The fourth-order valence-electron chi connectivity index (χ4n) is 2.77. The fourth-order valence-corrected chi connectivity index (χ4v) is 2.77. The van der Waals surface area contributed by atoms with Crippen molar-refractivity contribution in [3.8, 4) is 11.1 Å². The molecule has 0 fully saturated rings. The number of pyridine rings is 1. The predicted octanol–water partition coefficient (Wildman–Crippen LogP) is 3.22. The number of amides is 1. The highest BCUT2D eigenvalue weighted by Gasteiger charge is 2.32. The van der Waals surface area contributed by atoms with Crippen LogP contribution in [0.4, 0.5) is 18.9 Å². The summed E-state index contributed by atoms with van der Waals surface area (Å²) in [5.41, 5.74) is 0.881. The Balaban J connectivity index is 1.95. The van der Waals surface area contributed by atoms with E-state index in [1.165, 1.54) is 23.2 Å². The largest absolute Gasteiger partial charge is 0.465 e. The molecule has 1 aliphatic rings. The first-order valence-corrected chi connectivity index (χ1v) is 7.92. The molecule has 1 aliphatic heterocycles. The summed E-state index contributed by atoms with van der Waals surface area (Å²) in [5.74, 6) is -0.861. The van der Waals surface area contributed by atoms with Crippen LogP contribution < -0.4 is 4.90 Å². The average molecular weight is 364 g/mol. The minimum absolute atomic E-state index is 0.0393. The van der Waals surface area contributed by atoms with E-state index < -0.39 is 17.7 Å². The smallest absolute Gasteiger partial charge is 0.416 e. The molecule has 3 rings (SSSR count). The SMILES string of the molecule is CCOC(=O)CN1C(=O)Cc2ncc(-c3cccc(C(F)(F)F)c3)cc21. The molecular weight excluding hydrogens is 349 g/mol. The van der Waals surface area contributed by atoms with Gasteiger partial charge in [0.05, 0.1) is 30.0 Å². The monoisotopic (exact) mass is 364 g/mol. The quantitative estimate of drug-likeness (QED) is 0.782. The molecule has 0 atom stereocenters. The number of fused-ring (bicyclic) bond motifs is 1. The number of benzene rings is 1. The van der Waals surface area contributed by atoms with Gasteiger partial charge >= 0.3 is 12.1 Å². The summed E-state index contributed by atoms with van der Waals surface area (Å²) in [6.07, 6.45) is -2.99. The number of nitrogens with zero attached hydrogens (tertiary/aromatic N) is 2. The van der Waals surface area contributed by atoms with Crippen LogP contribution >= 0.6 is 0 Å². The maximum atomic E-state index is 12.9. The molecule has 0 aliphatic carbocycles. The zero-order chi connectivity index (χ0) is 18.9. The van der Waals surface area contributed by atoms with Gasteiger partial charge in [0.25, 0.3) is 0 Å². The Morgan fingerprint density at radius 1 is 1.27 bits per heavy atom. The van der Waals surface area contributed by atoms with Crippen LogP contribution in [0.1, 0.15) is 18.2 Å². The summed E-state index contributed by atoms with van der Waals surface area (Å²) >= 11 is 0. The van der Waals surface area contributed by atoms with Gasteiger partial charge in [-0.3, -0.25) is 19.5 Å². The van der Waals surface area contributed by atoms with Crippen LogP contribution in [0.3, 0.4) is 0 Å². The molecule has 8 heteroatoms. The number of anilines is 1. The van der Waals surface area contributed by atoms with Gasteiger partial charge in [-0.1, -0.05) is 12.1 Å². The summed E-state index contributed by atoms with van der Waals surface area (Å²) < 4.78 is 43.6. The molecule has 0 spiro atoms. The van der Waals surface area contributed by atoms with Gasteiger partial charge in [0.2, 0.25) is 5.91 Å². The molecule has 1 amide bonds. The van der Waals surface area contributed by atoms with Gasteiger partial charge in [0, 0.05) is 11.8 Å². The van der Waals surface area contributed by atoms with Crippen molar-refractivity contribution >= 4 is 17.6 Å². The van der Waals surface area contributed by atoms with E-state index in [4.69, 9.17) is 4.74 Å². The summed E-state index contributed by atoms with van der Waals surface area (Å²) in [6.45, 7) is 1.59. The average Bonchev–Trinajstić information content (AvgIpc) is 2.89. The van der Waals surface area contributed by atoms with E-state index in [1.807, 2.05) is 0 Å². The van der Waals surface area contributed by atoms with Gasteiger partial charge in [-0.25, -0.2) is 0 Å². The van der Waals surface area contributed by atoms with E-state index >= 15 is 0 Å². The highest BCUT2D eigenvalue weighted by Crippen LogP contribution is 2.35. The second-order valence-electron chi connectivity index (χ2n) is 5.73. The highest BCUT2D eigenvalue weighted by atomic mass is 19.4. The Bertz CT molecular complexity index is 865. The van der Waals surface area contributed by atoms with Crippen molar-refractivity contribution in [1.82, 2.24) is 4.98 Å². The van der Waals surface area contributed by atoms with E-state index in [0.29, 0.717) is 22.5 Å². The van der Waals surface area contributed by atoms with Crippen LogP contribution in [0.25, 0.3) is 11.1 Å². The molecule has 0 saturated heterocycles. The van der Waals surface area contributed by atoms with Gasteiger partial charge in [-0.05, 0) is 30.7 Å². The lowest BCUT2D eigenvalue weighted by molar-refractivity contribution is -0.142. The maximum Gasteiger partial charge on any atom is 0.416 e. The lowest BCUT2D eigenvalue weighted by atomic mass is 10.0. The first-order valence-electron chi connectivity index (χ1n) is 7.92. The maximum absolute atomic E-state index is 12.9. The molecule has 0 bridgehead atoms. The lowest BCUT2D eigenvalue weighted by Crippen LogP contribution is -2.33. The molecule has 0 saturated carbocycles. The fraction of sp³-hybridized carbons (Fsp3) is 0.278. The molecule has 2 heterocycles. The number of carbonyl (C=O) groups is 2. The topological polar surface area (TPSA) is 59.5 Å². The van der Waals surface area contributed by atoms with Crippen molar-refractivity contribution in [3.63, 3.8) is 0 Å². The normalized spacial score (nSPS) is 13.7. The Morgan fingerprint density at radius 2 is 2.04 bits per heavy atom. The number of hydrogen-bond donors (Lipinski definition) is 0. The zero-order valence-corrected chi connectivity index (χ0v) is 13.8. The van der Waals surface area contributed by atoms with Crippen LogP contribution in [-0.4, -0.2) is 30.0 Å². The second-order valence-corrected chi connectivity index (χ2v) is 5.73. The third-order valence-electron chi connectivity index (χ3n) is 3.97. The molecule has 5 nitrogen and oxygen atoms in total. The van der Waals surface area contributed by atoms with Gasteiger partial charge in [-0.2, -0.15) is 13.2 Å². The van der Waals surface area contributed by atoms with Crippen molar-refractivity contribution in [1.29, 1.82) is 0 Å². The Morgan fingerprint density at radius 3 is 2.73 bits per heavy atom. The van der Waals surface area contributed by atoms with Crippen molar-refractivity contribution in [2.45, 2.75) is 19.5 Å². The first-order chi connectivity index (χ1) is 12.3. The van der Waals surface area contributed by atoms with Crippen molar-refractivity contribution in [3.05, 3.63) is 47.8 Å². The van der Waals surface area contributed by atoms with Crippen LogP contribution in [0.5, 0.6) is 0 Å². The van der Waals surface area contributed by atoms with E-state index in [1.54, 1.807) is 13.0 Å². The van der Waals surface area contributed by atoms with Gasteiger partial charge < -0.3 is 4.74 Å². The molecule has 0 unspecified atom stereocenters. The molecular formula is C18H15F3N2O3. The highest BCUT2D eigenvalue weighted by molar-refractivity contribution is 6.04. The van der Waals surface area contributed by atoms with Crippen molar-refractivity contribution < 1.29 is 27.5 Å². The molecule has 136 valence electrons. The predicted molar refractivity (Wildman–Crippen MR) is 87.4 cm³/mol. The standard InChI is InChI=1S/C18H15F3N2O3/c1-2-26-17(25)10-23-15-7-12(9-22-14(15)8-16(23)24)11-4-3-5-13(6-11)18(19,20)21/h3-7,9H,2,8,10H2,1H3. The molecule has 2 aromatic rings. The minimum Gasteiger partial charge on any atom is -0.465 e. The van der Waals surface area contributed by atoms with Gasteiger partial charge in [0.1, 0.15) is 6.54 Å².